The first-order chi connectivity index (χ1) is 7.97. The second-order valence-electron chi connectivity index (χ2n) is 4.12. The lowest BCUT2D eigenvalue weighted by atomic mass is 10.0. The first-order valence-corrected chi connectivity index (χ1v) is 5.38. The SMILES string of the molecule is Cc1cc(CNC(=O)CC(C)CC(=O)O)on1. The molecule has 0 fully saturated rings. The van der Waals surface area contributed by atoms with Crippen LogP contribution >= 0.6 is 0 Å². The summed E-state index contributed by atoms with van der Waals surface area (Å²) in [5.41, 5.74) is 0.758. The van der Waals surface area contributed by atoms with Crippen molar-refractivity contribution in [3.05, 3.63) is 17.5 Å². The molecular formula is C11H16N2O4. The monoisotopic (exact) mass is 240 g/mol. The van der Waals surface area contributed by atoms with Crippen LogP contribution in [0, 0.1) is 12.8 Å². The molecule has 0 radical (unpaired) electrons. The average Bonchev–Trinajstić information content (AvgIpc) is 2.59. The summed E-state index contributed by atoms with van der Waals surface area (Å²) in [5.74, 6) is -0.672. The van der Waals surface area contributed by atoms with Gasteiger partial charge in [0.2, 0.25) is 5.91 Å². The van der Waals surface area contributed by atoms with Crippen LogP contribution in [0.3, 0.4) is 0 Å². The summed E-state index contributed by atoms with van der Waals surface area (Å²) < 4.78 is 4.93. The molecule has 0 spiro atoms. The smallest absolute Gasteiger partial charge is 0.303 e. The van der Waals surface area contributed by atoms with Crippen LogP contribution in [0.4, 0.5) is 0 Å². The molecule has 1 aromatic rings. The van der Waals surface area contributed by atoms with E-state index in [-0.39, 0.29) is 31.2 Å². The van der Waals surface area contributed by atoms with Crippen LogP contribution in [0.25, 0.3) is 0 Å². The van der Waals surface area contributed by atoms with Gasteiger partial charge in [-0.25, -0.2) is 0 Å². The third-order valence-electron chi connectivity index (χ3n) is 2.19. The van der Waals surface area contributed by atoms with Crippen molar-refractivity contribution in [2.24, 2.45) is 5.92 Å². The van der Waals surface area contributed by atoms with Gasteiger partial charge in [-0.1, -0.05) is 12.1 Å². The van der Waals surface area contributed by atoms with E-state index in [0.717, 1.165) is 5.69 Å². The minimum absolute atomic E-state index is 0.00512. The summed E-state index contributed by atoms with van der Waals surface area (Å²) >= 11 is 0. The van der Waals surface area contributed by atoms with Crippen molar-refractivity contribution in [1.29, 1.82) is 0 Å². The molecule has 1 amide bonds. The fourth-order valence-corrected chi connectivity index (χ4v) is 1.44. The minimum atomic E-state index is -0.892. The Labute approximate surface area is 99.0 Å². The summed E-state index contributed by atoms with van der Waals surface area (Å²) in [4.78, 5) is 21.9. The third kappa shape index (κ3) is 5.14. The number of amides is 1. The highest BCUT2D eigenvalue weighted by molar-refractivity contribution is 5.77. The molecule has 6 nitrogen and oxygen atoms in total. The zero-order valence-electron chi connectivity index (χ0n) is 9.90. The Morgan fingerprint density at radius 2 is 2.24 bits per heavy atom. The molecule has 6 heteroatoms. The van der Waals surface area contributed by atoms with E-state index in [1.165, 1.54) is 0 Å². The summed E-state index contributed by atoms with van der Waals surface area (Å²) in [6, 6.07) is 1.74. The molecule has 0 aromatic carbocycles. The van der Waals surface area contributed by atoms with Gasteiger partial charge in [-0.2, -0.15) is 0 Å². The molecule has 1 rings (SSSR count). The first kappa shape index (κ1) is 13.2. The molecule has 1 heterocycles. The number of rotatable bonds is 6. The maximum atomic E-state index is 11.4. The predicted molar refractivity (Wildman–Crippen MR) is 59.1 cm³/mol. The number of carboxylic acid groups (broad SMARTS) is 1. The number of hydrogen-bond acceptors (Lipinski definition) is 4. The predicted octanol–water partition coefficient (Wildman–Crippen LogP) is 1.10. The maximum absolute atomic E-state index is 11.4. The summed E-state index contributed by atoms with van der Waals surface area (Å²) in [7, 11) is 0. The molecule has 1 aromatic heterocycles. The van der Waals surface area contributed by atoms with E-state index in [1.54, 1.807) is 19.9 Å². The zero-order valence-corrected chi connectivity index (χ0v) is 9.90. The molecule has 0 saturated heterocycles. The third-order valence-corrected chi connectivity index (χ3v) is 2.19. The molecule has 0 bridgehead atoms. The number of aryl methyl sites for hydroxylation is 1. The van der Waals surface area contributed by atoms with Crippen LogP contribution in [0.1, 0.15) is 31.2 Å². The Morgan fingerprint density at radius 3 is 2.76 bits per heavy atom. The van der Waals surface area contributed by atoms with E-state index in [4.69, 9.17) is 9.63 Å². The van der Waals surface area contributed by atoms with E-state index in [2.05, 4.69) is 10.5 Å². The van der Waals surface area contributed by atoms with Crippen LogP contribution in [-0.2, 0) is 16.1 Å². The standard InChI is InChI=1S/C11H16N2O4/c1-7(4-11(15)16)3-10(14)12-6-9-5-8(2)13-17-9/h5,7H,3-4,6H2,1-2H3,(H,12,14)(H,15,16). The fourth-order valence-electron chi connectivity index (χ4n) is 1.44. The van der Waals surface area contributed by atoms with Crippen molar-refractivity contribution in [1.82, 2.24) is 10.5 Å². The van der Waals surface area contributed by atoms with Gasteiger partial charge in [-0.05, 0) is 12.8 Å². The highest BCUT2D eigenvalue weighted by atomic mass is 16.5. The van der Waals surface area contributed by atoms with Crippen LogP contribution in [0.15, 0.2) is 10.6 Å². The number of nitrogens with one attached hydrogen (secondary N) is 1. The van der Waals surface area contributed by atoms with Gasteiger partial charge in [0.05, 0.1) is 12.2 Å². The van der Waals surface area contributed by atoms with Gasteiger partial charge in [0.25, 0.3) is 0 Å². The Balaban J connectivity index is 2.28. The number of aliphatic carboxylic acids is 1. The number of carbonyl (C=O) groups is 2. The van der Waals surface area contributed by atoms with Crippen LogP contribution < -0.4 is 5.32 Å². The molecule has 0 aliphatic rings. The van der Waals surface area contributed by atoms with Crippen molar-refractivity contribution in [3.63, 3.8) is 0 Å². The lowest BCUT2D eigenvalue weighted by Gasteiger charge is -2.07. The van der Waals surface area contributed by atoms with Gasteiger partial charge < -0.3 is 14.9 Å². The first-order valence-electron chi connectivity index (χ1n) is 5.38. The Bertz CT molecular complexity index is 400. The number of aromatic nitrogens is 1. The summed E-state index contributed by atoms with van der Waals surface area (Å²) in [6.07, 6.45) is 0.189. The summed E-state index contributed by atoms with van der Waals surface area (Å²) in [5, 5.41) is 14.9. The van der Waals surface area contributed by atoms with Gasteiger partial charge in [-0.3, -0.25) is 9.59 Å². The molecule has 94 valence electrons. The van der Waals surface area contributed by atoms with Crippen molar-refractivity contribution in [2.45, 2.75) is 33.2 Å². The lowest BCUT2D eigenvalue weighted by Crippen LogP contribution is -2.25. The summed E-state index contributed by atoms with van der Waals surface area (Å²) in [6.45, 7) is 3.80. The number of carboxylic acids is 1. The van der Waals surface area contributed by atoms with E-state index in [1.807, 2.05) is 0 Å². The van der Waals surface area contributed by atoms with Crippen molar-refractivity contribution >= 4 is 11.9 Å². The molecule has 0 saturated carbocycles. The second-order valence-corrected chi connectivity index (χ2v) is 4.12. The Morgan fingerprint density at radius 1 is 1.53 bits per heavy atom. The zero-order chi connectivity index (χ0) is 12.8. The fraction of sp³-hybridized carbons (Fsp3) is 0.545. The van der Waals surface area contributed by atoms with E-state index >= 15 is 0 Å². The lowest BCUT2D eigenvalue weighted by molar-refractivity contribution is -0.138. The Kier molecular flexibility index (Phi) is 4.68. The minimum Gasteiger partial charge on any atom is -0.481 e. The molecule has 0 aliphatic heterocycles. The topological polar surface area (TPSA) is 92.4 Å². The highest BCUT2D eigenvalue weighted by Crippen LogP contribution is 2.07. The van der Waals surface area contributed by atoms with Gasteiger partial charge in [0.1, 0.15) is 0 Å². The van der Waals surface area contributed by atoms with E-state index < -0.39 is 5.97 Å². The van der Waals surface area contributed by atoms with Crippen LogP contribution in [0.2, 0.25) is 0 Å². The molecular weight excluding hydrogens is 224 g/mol. The Hall–Kier alpha value is -1.85. The van der Waals surface area contributed by atoms with Gasteiger partial charge >= 0.3 is 5.97 Å². The largest absolute Gasteiger partial charge is 0.481 e. The molecule has 2 N–H and O–H groups in total. The average molecular weight is 240 g/mol. The van der Waals surface area contributed by atoms with Crippen LogP contribution in [-0.4, -0.2) is 22.1 Å². The quantitative estimate of drug-likeness (QED) is 0.776. The van der Waals surface area contributed by atoms with Gasteiger partial charge in [0, 0.05) is 18.9 Å². The highest BCUT2D eigenvalue weighted by Gasteiger charge is 2.12. The van der Waals surface area contributed by atoms with Crippen molar-refractivity contribution < 1.29 is 19.2 Å². The van der Waals surface area contributed by atoms with Gasteiger partial charge in [-0.15, -0.1) is 0 Å². The number of nitrogens with zero attached hydrogens (tertiary/aromatic N) is 1. The second kappa shape index (κ2) is 6.03. The van der Waals surface area contributed by atoms with Crippen molar-refractivity contribution in [2.75, 3.05) is 0 Å². The van der Waals surface area contributed by atoms with Gasteiger partial charge in [0.15, 0.2) is 5.76 Å². The number of carbonyl (C=O) groups excluding carboxylic acids is 1. The van der Waals surface area contributed by atoms with E-state index in [0.29, 0.717) is 5.76 Å². The molecule has 0 aliphatic carbocycles. The molecule has 17 heavy (non-hydrogen) atoms. The normalized spacial score (nSPS) is 12.1. The molecule has 1 unspecified atom stereocenters. The maximum Gasteiger partial charge on any atom is 0.303 e. The van der Waals surface area contributed by atoms with E-state index in [9.17, 15) is 9.59 Å². The van der Waals surface area contributed by atoms with Crippen molar-refractivity contribution in [3.8, 4) is 0 Å². The van der Waals surface area contributed by atoms with Crippen LogP contribution in [0.5, 0.6) is 0 Å². The number of hydrogen-bond donors (Lipinski definition) is 2. The molecule has 1 atom stereocenters.